The molecule has 0 spiro atoms. The largest absolute Gasteiger partial charge is 0.367 e. The molecule has 3 aromatic rings. The van der Waals surface area contributed by atoms with Crippen molar-refractivity contribution in [1.82, 2.24) is 19.7 Å². The van der Waals surface area contributed by atoms with Crippen LogP contribution in [0.3, 0.4) is 0 Å². The highest BCUT2D eigenvalue weighted by molar-refractivity contribution is 5.94. The van der Waals surface area contributed by atoms with Crippen molar-refractivity contribution < 1.29 is 13.9 Å². The van der Waals surface area contributed by atoms with Crippen LogP contribution in [-0.4, -0.2) is 31.3 Å². The molecular formula is C22H22FN5O2. The van der Waals surface area contributed by atoms with Crippen LogP contribution in [0.5, 0.6) is 0 Å². The Morgan fingerprint density at radius 3 is 2.83 bits per heavy atom. The van der Waals surface area contributed by atoms with Crippen LogP contribution >= 0.6 is 0 Å². The summed E-state index contributed by atoms with van der Waals surface area (Å²) in [5.74, 6) is 0.193. The number of rotatable bonds is 4. The molecule has 1 amide bonds. The van der Waals surface area contributed by atoms with E-state index < -0.39 is 5.82 Å². The van der Waals surface area contributed by atoms with E-state index in [1.54, 1.807) is 12.3 Å². The Hall–Kier alpha value is -3.13. The van der Waals surface area contributed by atoms with E-state index in [0.29, 0.717) is 30.4 Å². The number of amides is 1. The highest BCUT2D eigenvalue weighted by atomic mass is 19.1. The maximum absolute atomic E-state index is 13.4. The maximum atomic E-state index is 13.4. The fourth-order valence-electron chi connectivity index (χ4n) is 3.67. The second-order valence-electron chi connectivity index (χ2n) is 8.43. The first kappa shape index (κ1) is 18.9. The molecule has 30 heavy (non-hydrogen) atoms. The molecule has 3 aromatic heterocycles. The minimum atomic E-state index is -0.400. The molecule has 2 aliphatic rings. The fraction of sp³-hybridized carbons (Fsp3) is 0.364. The third-order valence-corrected chi connectivity index (χ3v) is 5.41. The zero-order valence-electron chi connectivity index (χ0n) is 16.9. The molecule has 1 N–H and O–H groups in total. The molecule has 5 rings (SSSR count). The topological polar surface area (TPSA) is 81.9 Å². The van der Waals surface area contributed by atoms with E-state index in [2.05, 4.69) is 15.3 Å². The van der Waals surface area contributed by atoms with E-state index in [1.165, 1.54) is 12.3 Å². The Kier molecular flexibility index (Phi) is 4.39. The Balaban J connectivity index is 1.60. The first-order valence-electron chi connectivity index (χ1n) is 10.0. The van der Waals surface area contributed by atoms with Crippen molar-refractivity contribution in [3.63, 3.8) is 0 Å². The summed E-state index contributed by atoms with van der Waals surface area (Å²) in [5.41, 5.74) is 3.51. The number of carbonyl (C=O) groups is 1. The Bertz CT molecular complexity index is 1120. The van der Waals surface area contributed by atoms with Crippen molar-refractivity contribution in [2.75, 3.05) is 5.32 Å². The van der Waals surface area contributed by atoms with Crippen LogP contribution in [0.25, 0.3) is 22.5 Å². The fourth-order valence-corrected chi connectivity index (χ4v) is 3.67. The van der Waals surface area contributed by atoms with E-state index >= 15 is 0 Å². The van der Waals surface area contributed by atoms with Gasteiger partial charge in [0, 0.05) is 17.7 Å². The number of hydrogen-bond acceptors (Lipinski definition) is 5. The smallest absolute Gasteiger partial charge is 0.228 e. The van der Waals surface area contributed by atoms with Gasteiger partial charge in [-0.05, 0) is 56.5 Å². The summed E-state index contributed by atoms with van der Waals surface area (Å²) in [6.07, 6.45) is 4.70. The van der Waals surface area contributed by atoms with Gasteiger partial charge in [0.05, 0.1) is 36.3 Å². The number of nitrogens with zero attached hydrogens (tertiary/aromatic N) is 4. The zero-order valence-corrected chi connectivity index (χ0v) is 16.9. The van der Waals surface area contributed by atoms with Gasteiger partial charge in [-0.2, -0.15) is 5.10 Å². The number of anilines is 1. The van der Waals surface area contributed by atoms with Gasteiger partial charge in [-0.25, -0.2) is 9.37 Å². The highest BCUT2D eigenvalue weighted by Gasteiger charge is 2.32. The summed E-state index contributed by atoms with van der Waals surface area (Å²) in [5, 5.41) is 7.69. The number of carbonyl (C=O) groups excluding carboxylic acids is 1. The number of pyridine rings is 2. The lowest BCUT2D eigenvalue weighted by Crippen LogP contribution is -2.36. The van der Waals surface area contributed by atoms with Gasteiger partial charge in [0.25, 0.3) is 0 Å². The van der Waals surface area contributed by atoms with Crippen LogP contribution < -0.4 is 5.32 Å². The second kappa shape index (κ2) is 6.98. The number of hydrogen-bond donors (Lipinski definition) is 1. The zero-order chi connectivity index (χ0) is 20.9. The van der Waals surface area contributed by atoms with Crippen LogP contribution in [0.15, 0.2) is 36.7 Å². The van der Waals surface area contributed by atoms with Crippen LogP contribution in [0, 0.1) is 11.7 Å². The molecule has 154 valence electrons. The monoisotopic (exact) mass is 407 g/mol. The van der Waals surface area contributed by atoms with Gasteiger partial charge in [-0.3, -0.25) is 14.5 Å². The molecule has 1 fully saturated rings. The first-order chi connectivity index (χ1) is 14.4. The van der Waals surface area contributed by atoms with E-state index in [4.69, 9.17) is 9.84 Å². The van der Waals surface area contributed by atoms with E-state index in [9.17, 15) is 9.18 Å². The van der Waals surface area contributed by atoms with E-state index in [0.717, 1.165) is 29.7 Å². The van der Waals surface area contributed by atoms with Gasteiger partial charge >= 0.3 is 0 Å². The van der Waals surface area contributed by atoms with Gasteiger partial charge < -0.3 is 10.1 Å². The number of aromatic nitrogens is 4. The summed E-state index contributed by atoms with van der Waals surface area (Å²) in [4.78, 5) is 20.7. The highest BCUT2D eigenvalue weighted by Crippen LogP contribution is 2.38. The van der Waals surface area contributed by atoms with Crippen molar-refractivity contribution in [2.45, 2.75) is 45.4 Å². The van der Waals surface area contributed by atoms with Gasteiger partial charge in [0.2, 0.25) is 5.91 Å². The lowest BCUT2D eigenvalue weighted by atomic mass is 10.0. The quantitative estimate of drug-likeness (QED) is 0.711. The minimum absolute atomic E-state index is 0.00203. The van der Waals surface area contributed by atoms with Crippen LogP contribution in [0.2, 0.25) is 0 Å². The van der Waals surface area contributed by atoms with Crippen molar-refractivity contribution in [3.8, 4) is 22.5 Å². The van der Waals surface area contributed by atoms with Gasteiger partial charge in [0.1, 0.15) is 17.3 Å². The molecule has 0 radical (unpaired) electrons. The summed E-state index contributed by atoms with van der Waals surface area (Å²) in [6.45, 7) is 5.02. The van der Waals surface area contributed by atoms with E-state index in [1.807, 2.05) is 30.7 Å². The Morgan fingerprint density at radius 2 is 2.10 bits per heavy atom. The standard InChI is InChI=1S/C22H22FN5O2/c1-22(2)12-28-17(11-30-22)19(20(27-28)16-6-5-15(23)10-25-16)14-7-8-24-18(9-14)26-21(29)13-3-4-13/h5-10,13H,3-4,11-12H2,1-2H3,(H,24,26,29). The molecule has 0 atom stereocenters. The number of fused-ring (bicyclic) bond motifs is 1. The van der Waals surface area contributed by atoms with Gasteiger partial charge in [-0.15, -0.1) is 0 Å². The third-order valence-electron chi connectivity index (χ3n) is 5.41. The molecule has 0 bridgehead atoms. The molecule has 1 aliphatic heterocycles. The minimum Gasteiger partial charge on any atom is -0.367 e. The summed E-state index contributed by atoms with van der Waals surface area (Å²) < 4.78 is 21.4. The Morgan fingerprint density at radius 1 is 1.27 bits per heavy atom. The second-order valence-corrected chi connectivity index (χ2v) is 8.43. The van der Waals surface area contributed by atoms with Crippen LogP contribution in [0.1, 0.15) is 32.4 Å². The van der Waals surface area contributed by atoms with Crippen LogP contribution in [-0.2, 0) is 22.7 Å². The van der Waals surface area contributed by atoms with Crippen LogP contribution in [0.4, 0.5) is 10.2 Å². The average molecular weight is 407 g/mol. The summed E-state index contributed by atoms with van der Waals surface area (Å²) >= 11 is 0. The number of nitrogens with one attached hydrogen (secondary N) is 1. The lowest BCUT2D eigenvalue weighted by Gasteiger charge is -2.31. The molecule has 0 saturated heterocycles. The average Bonchev–Trinajstić information content (AvgIpc) is 3.49. The predicted molar refractivity (Wildman–Crippen MR) is 109 cm³/mol. The maximum Gasteiger partial charge on any atom is 0.228 e. The SMILES string of the molecule is CC1(C)Cn2nc(-c3ccc(F)cn3)c(-c3ccnc(NC(=O)C4CC4)c3)c2CO1. The molecule has 1 aliphatic carbocycles. The first-order valence-corrected chi connectivity index (χ1v) is 10.0. The number of halogens is 1. The van der Waals surface area contributed by atoms with E-state index in [-0.39, 0.29) is 17.4 Å². The molecular weight excluding hydrogens is 385 g/mol. The van der Waals surface area contributed by atoms with Gasteiger partial charge in [-0.1, -0.05) is 0 Å². The molecule has 0 unspecified atom stereocenters. The van der Waals surface area contributed by atoms with Crippen molar-refractivity contribution in [3.05, 3.63) is 48.2 Å². The third kappa shape index (κ3) is 3.59. The molecule has 0 aromatic carbocycles. The molecule has 7 nitrogen and oxygen atoms in total. The van der Waals surface area contributed by atoms with Crippen molar-refractivity contribution >= 4 is 11.7 Å². The Labute approximate surface area is 173 Å². The molecule has 4 heterocycles. The summed E-state index contributed by atoms with van der Waals surface area (Å²) in [7, 11) is 0. The van der Waals surface area contributed by atoms with Crippen molar-refractivity contribution in [2.24, 2.45) is 5.92 Å². The summed E-state index contributed by atoms with van der Waals surface area (Å²) in [6, 6.07) is 6.71. The van der Waals surface area contributed by atoms with Crippen molar-refractivity contribution in [1.29, 1.82) is 0 Å². The number of ether oxygens (including phenoxy) is 1. The lowest BCUT2D eigenvalue weighted by molar-refractivity contribution is -0.117. The molecule has 8 heteroatoms. The predicted octanol–water partition coefficient (Wildman–Crippen LogP) is 3.80. The molecule has 1 saturated carbocycles. The van der Waals surface area contributed by atoms with Gasteiger partial charge in [0.15, 0.2) is 0 Å². The normalized spacial score (nSPS) is 17.4.